The van der Waals surface area contributed by atoms with Gasteiger partial charge >= 0.3 is 0 Å². The maximum absolute atomic E-state index is 11.9. The molecule has 0 aliphatic heterocycles. The molecule has 0 bridgehead atoms. The Morgan fingerprint density at radius 1 is 1.44 bits per heavy atom. The fourth-order valence-electron chi connectivity index (χ4n) is 1.36. The van der Waals surface area contributed by atoms with Crippen LogP contribution in [0.2, 0.25) is 0 Å². The molecule has 2 atom stereocenters. The van der Waals surface area contributed by atoms with Crippen molar-refractivity contribution in [3.63, 3.8) is 0 Å². The number of aliphatic hydroxyl groups excluding tert-OH is 1. The lowest BCUT2D eigenvalue weighted by molar-refractivity contribution is 0.174. The quantitative estimate of drug-likeness (QED) is 0.700. The van der Waals surface area contributed by atoms with Crippen LogP contribution in [0.1, 0.15) is 0 Å². The van der Waals surface area contributed by atoms with E-state index in [0.717, 1.165) is 9.37 Å². The van der Waals surface area contributed by atoms with E-state index in [2.05, 4.69) is 21.2 Å². The molecule has 1 rings (SSSR count). The Hall–Kier alpha value is -0.270. The number of ether oxygens (including phenoxy) is 1. The van der Waals surface area contributed by atoms with E-state index in [1.54, 1.807) is 19.2 Å². The molecule has 4 nitrogen and oxygen atoms in total. The monoisotopic (exact) mass is 335 g/mol. The predicted octanol–water partition coefficient (Wildman–Crippen LogP) is 1.15. The standard InChI is InChI=1S/C12H18BrNO3S/c1-17-7-6-14-8-11(15)9-18(16)12-4-2-10(13)3-5-12/h2-5,11,14-15H,6-9H2,1H3. The summed E-state index contributed by atoms with van der Waals surface area (Å²) in [6.07, 6.45) is -0.619. The number of aliphatic hydroxyl groups is 1. The van der Waals surface area contributed by atoms with Gasteiger partial charge in [-0.3, -0.25) is 4.21 Å². The smallest absolute Gasteiger partial charge is 0.0783 e. The third kappa shape index (κ3) is 6.06. The zero-order valence-electron chi connectivity index (χ0n) is 10.3. The minimum absolute atomic E-state index is 0.238. The van der Waals surface area contributed by atoms with Gasteiger partial charge in [0.2, 0.25) is 0 Å². The van der Waals surface area contributed by atoms with E-state index in [4.69, 9.17) is 4.74 Å². The van der Waals surface area contributed by atoms with Crippen molar-refractivity contribution in [1.29, 1.82) is 0 Å². The third-order valence-corrected chi connectivity index (χ3v) is 4.30. The van der Waals surface area contributed by atoms with Crippen LogP contribution in [0.15, 0.2) is 33.6 Å². The molecule has 0 aliphatic carbocycles. The number of hydrogen-bond donors (Lipinski definition) is 2. The lowest BCUT2D eigenvalue weighted by Crippen LogP contribution is -2.32. The molecule has 0 saturated carbocycles. The largest absolute Gasteiger partial charge is 0.391 e. The van der Waals surface area contributed by atoms with Gasteiger partial charge in [0.25, 0.3) is 0 Å². The topological polar surface area (TPSA) is 58.6 Å². The molecule has 2 unspecified atom stereocenters. The van der Waals surface area contributed by atoms with Gasteiger partial charge in [-0.15, -0.1) is 0 Å². The highest BCUT2D eigenvalue weighted by Crippen LogP contribution is 2.13. The summed E-state index contributed by atoms with van der Waals surface area (Å²) >= 11 is 3.32. The van der Waals surface area contributed by atoms with Crippen molar-refractivity contribution in [2.45, 2.75) is 11.0 Å². The van der Waals surface area contributed by atoms with E-state index in [-0.39, 0.29) is 5.75 Å². The van der Waals surface area contributed by atoms with Crippen LogP contribution in [-0.2, 0) is 15.5 Å². The van der Waals surface area contributed by atoms with Gasteiger partial charge in [0.1, 0.15) is 0 Å². The first-order chi connectivity index (χ1) is 8.63. The van der Waals surface area contributed by atoms with Crippen LogP contribution in [0.3, 0.4) is 0 Å². The highest BCUT2D eigenvalue weighted by atomic mass is 79.9. The van der Waals surface area contributed by atoms with Gasteiger partial charge in [0, 0.05) is 29.6 Å². The van der Waals surface area contributed by atoms with Crippen LogP contribution in [-0.4, -0.2) is 48.0 Å². The molecule has 2 N–H and O–H groups in total. The summed E-state index contributed by atoms with van der Waals surface area (Å²) in [7, 11) is 0.455. The van der Waals surface area contributed by atoms with Crippen LogP contribution in [0, 0.1) is 0 Å². The van der Waals surface area contributed by atoms with Crippen LogP contribution in [0.25, 0.3) is 0 Å². The summed E-state index contributed by atoms with van der Waals surface area (Å²) in [6, 6.07) is 7.28. The highest BCUT2D eigenvalue weighted by Gasteiger charge is 2.10. The van der Waals surface area contributed by atoms with E-state index in [9.17, 15) is 9.32 Å². The second-order valence-corrected chi connectivity index (χ2v) is 6.23. The van der Waals surface area contributed by atoms with Crippen molar-refractivity contribution in [1.82, 2.24) is 5.32 Å². The molecule has 102 valence electrons. The minimum atomic E-state index is -1.17. The number of rotatable bonds is 8. The van der Waals surface area contributed by atoms with Crippen LogP contribution in [0.4, 0.5) is 0 Å². The van der Waals surface area contributed by atoms with Gasteiger partial charge in [-0.05, 0) is 24.3 Å². The zero-order valence-corrected chi connectivity index (χ0v) is 12.7. The Labute approximate surface area is 118 Å². The van der Waals surface area contributed by atoms with Gasteiger partial charge < -0.3 is 15.2 Å². The van der Waals surface area contributed by atoms with E-state index in [0.29, 0.717) is 19.7 Å². The Bertz CT molecular complexity index is 372. The average molecular weight is 336 g/mol. The minimum Gasteiger partial charge on any atom is -0.391 e. The van der Waals surface area contributed by atoms with Crippen LogP contribution in [0.5, 0.6) is 0 Å². The zero-order chi connectivity index (χ0) is 13.4. The first-order valence-electron chi connectivity index (χ1n) is 5.65. The molecule has 18 heavy (non-hydrogen) atoms. The molecule has 1 aromatic rings. The molecule has 0 saturated heterocycles. The molecule has 0 fully saturated rings. The van der Waals surface area contributed by atoms with Crippen LogP contribution < -0.4 is 5.32 Å². The summed E-state index contributed by atoms with van der Waals surface area (Å²) in [5, 5.41) is 12.8. The van der Waals surface area contributed by atoms with Crippen molar-refractivity contribution in [2.24, 2.45) is 0 Å². The SMILES string of the molecule is COCCNCC(O)CS(=O)c1ccc(Br)cc1. The Morgan fingerprint density at radius 2 is 2.11 bits per heavy atom. The molecule has 0 radical (unpaired) electrons. The Morgan fingerprint density at radius 3 is 2.72 bits per heavy atom. The van der Waals surface area contributed by atoms with Gasteiger partial charge in [-0.1, -0.05) is 15.9 Å². The summed E-state index contributed by atoms with van der Waals surface area (Å²) in [5.41, 5.74) is 0. The van der Waals surface area contributed by atoms with Crippen LogP contribution >= 0.6 is 15.9 Å². The highest BCUT2D eigenvalue weighted by molar-refractivity contribution is 9.10. The molecule has 6 heteroatoms. The Kier molecular flexibility index (Phi) is 7.69. The van der Waals surface area contributed by atoms with E-state index in [1.807, 2.05) is 12.1 Å². The molecule has 1 aromatic carbocycles. The molecular formula is C12H18BrNO3S. The summed E-state index contributed by atoms with van der Waals surface area (Å²) in [6.45, 7) is 1.70. The lowest BCUT2D eigenvalue weighted by atomic mass is 10.4. The van der Waals surface area contributed by atoms with Crippen molar-refractivity contribution >= 4 is 26.7 Å². The van der Waals surface area contributed by atoms with Gasteiger partial charge in [-0.25, -0.2) is 0 Å². The normalized spacial score (nSPS) is 14.4. The van der Waals surface area contributed by atoms with Crippen molar-refractivity contribution in [2.75, 3.05) is 32.6 Å². The number of nitrogens with one attached hydrogen (secondary N) is 1. The predicted molar refractivity (Wildman–Crippen MR) is 76.2 cm³/mol. The molecular weight excluding hydrogens is 318 g/mol. The third-order valence-electron chi connectivity index (χ3n) is 2.28. The fraction of sp³-hybridized carbons (Fsp3) is 0.500. The van der Waals surface area contributed by atoms with Gasteiger partial charge in [0.05, 0.1) is 29.3 Å². The number of hydrogen-bond acceptors (Lipinski definition) is 4. The first-order valence-corrected chi connectivity index (χ1v) is 7.76. The molecule has 0 aromatic heterocycles. The van der Waals surface area contributed by atoms with E-state index in [1.165, 1.54) is 0 Å². The van der Waals surface area contributed by atoms with Crippen molar-refractivity contribution in [3.8, 4) is 0 Å². The average Bonchev–Trinajstić information content (AvgIpc) is 2.35. The number of methoxy groups -OCH3 is 1. The molecule has 0 spiro atoms. The van der Waals surface area contributed by atoms with E-state index < -0.39 is 16.9 Å². The van der Waals surface area contributed by atoms with Gasteiger partial charge in [-0.2, -0.15) is 0 Å². The molecule has 0 amide bonds. The maximum atomic E-state index is 11.9. The number of benzene rings is 1. The summed E-state index contributed by atoms with van der Waals surface area (Å²) in [4.78, 5) is 0.731. The van der Waals surface area contributed by atoms with Gasteiger partial charge in [0.15, 0.2) is 0 Å². The van der Waals surface area contributed by atoms with E-state index >= 15 is 0 Å². The Balaban J connectivity index is 2.33. The molecule has 0 aliphatic rings. The van der Waals surface area contributed by atoms with Crippen molar-refractivity contribution in [3.05, 3.63) is 28.7 Å². The summed E-state index contributed by atoms with van der Waals surface area (Å²) < 4.78 is 17.8. The first kappa shape index (κ1) is 15.8. The fourth-order valence-corrected chi connectivity index (χ4v) is 2.72. The van der Waals surface area contributed by atoms with Crippen molar-refractivity contribution < 1.29 is 14.1 Å². The summed E-state index contributed by atoms with van der Waals surface area (Å²) in [5.74, 6) is 0.238. The lowest BCUT2D eigenvalue weighted by Gasteiger charge is -2.11. The number of halogens is 1. The second kappa shape index (κ2) is 8.77. The second-order valence-electron chi connectivity index (χ2n) is 3.82. The molecule has 0 heterocycles. The maximum Gasteiger partial charge on any atom is 0.0783 e.